The maximum atomic E-state index is 10.8. The van der Waals surface area contributed by atoms with Crippen molar-refractivity contribution in [3.05, 3.63) is 11.6 Å². The number of allylic oxidation sites excluding steroid dienone is 1. The molecule has 0 aliphatic heterocycles. The fourth-order valence-electron chi connectivity index (χ4n) is 1.39. The minimum absolute atomic E-state index is 0.0638. The van der Waals surface area contributed by atoms with Gasteiger partial charge in [0.05, 0.1) is 6.10 Å². The molecule has 1 atom stereocenters. The molecule has 0 bridgehead atoms. The minimum atomic E-state index is 0.0638. The minimum Gasteiger partial charge on any atom is -0.377 e. The standard InChI is InChI=1S/C10H18O2/c1-7(2)10(12-5)8(3)6-9(4)11/h6-7,10H,1-5H3/b8-6+. The molecule has 0 N–H and O–H groups in total. The van der Waals surface area contributed by atoms with Crippen LogP contribution in [0.1, 0.15) is 27.7 Å². The van der Waals surface area contributed by atoms with Crippen molar-refractivity contribution >= 4 is 5.78 Å². The smallest absolute Gasteiger partial charge is 0.152 e. The Hall–Kier alpha value is -0.630. The zero-order valence-corrected chi connectivity index (χ0v) is 8.55. The van der Waals surface area contributed by atoms with Gasteiger partial charge in [-0.2, -0.15) is 0 Å². The fourth-order valence-corrected chi connectivity index (χ4v) is 1.39. The number of carbonyl (C=O) groups is 1. The first-order valence-corrected chi connectivity index (χ1v) is 4.20. The van der Waals surface area contributed by atoms with Crippen LogP contribution in [0.25, 0.3) is 0 Å². The molecule has 0 rings (SSSR count). The molecule has 12 heavy (non-hydrogen) atoms. The molecule has 1 unspecified atom stereocenters. The molecule has 0 aromatic heterocycles. The topological polar surface area (TPSA) is 26.3 Å². The number of rotatable bonds is 4. The summed E-state index contributed by atoms with van der Waals surface area (Å²) in [5, 5.41) is 0. The lowest BCUT2D eigenvalue weighted by Crippen LogP contribution is -2.19. The number of methoxy groups -OCH3 is 1. The Balaban J connectivity index is 4.40. The first kappa shape index (κ1) is 11.4. The van der Waals surface area contributed by atoms with Crippen LogP contribution < -0.4 is 0 Å². The van der Waals surface area contributed by atoms with Crippen LogP contribution >= 0.6 is 0 Å². The molecule has 0 saturated heterocycles. The average molecular weight is 170 g/mol. The highest BCUT2D eigenvalue weighted by atomic mass is 16.5. The van der Waals surface area contributed by atoms with Crippen molar-refractivity contribution in [3.8, 4) is 0 Å². The van der Waals surface area contributed by atoms with E-state index in [4.69, 9.17) is 4.74 Å². The molecule has 0 aliphatic rings. The van der Waals surface area contributed by atoms with Gasteiger partial charge in [0.15, 0.2) is 5.78 Å². The van der Waals surface area contributed by atoms with Gasteiger partial charge >= 0.3 is 0 Å². The summed E-state index contributed by atoms with van der Waals surface area (Å²) in [5.41, 5.74) is 1.00. The van der Waals surface area contributed by atoms with E-state index in [2.05, 4.69) is 13.8 Å². The van der Waals surface area contributed by atoms with Crippen molar-refractivity contribution in [2.75, 3.05) is 7.11 Å². The Morgan fingerprint density at radius 1 is 1.33 bits per heavy atom. The molecule has 0 aromatic rings. The highest BCUT2D eigenvalue weighted by Gasteiger charge is 2.13. The van der Waals surface area contributed by atoms with Gasteiger partial charge in [-0.1, -0.05) is 13.8 Å². The Morgan fingerprint density at radius 2 is 1.83 bits per heavy atom. The van der Waals surface area contributed by atoms with E-state index in [1.54, 1.807) is 20.1 Å². The third kappa shape index (κ3) is 3.67. The summed E-state index contributed by atoms with van der Waals surface area (Å²) in [6.07, 6.45) is 1.70. The summed E-state index contributed by atoms with van der Waals surface area (Å²) in [5.74, 6) is 0.487. The molecule has 2 nitrogen and oxygen atoms in total. The van der Waals surface area contributed by atoms with Crippen molar-refractivity contribution in [1.29, 1.82) is 0 Å². The quantitative estimate of drug-likeness (QED) is 0.604. The fraction of sp³-hybridized carbons (Fsp3) is 0.700. The van der Waals surface area contributed by atoms with E-state index in [1.807, 2.05) is 6.92 Å². The summed E-state index contributed by atoms with van der Waals surface area (Å²) >= 11 is 0. The lowest BCUT2D eigenvalue weighted by atomic mass is 9.99. The van der Waals surface area contributed by atoms with Crippen LogP contribution in [0.5, 0.6) is 0 Å². The van der Waals surface area contributed by atoms with Crippen molar-refractivity contribution in [2.24, 2.45) is 5.92 Å². The van der Waals surface area contributed by atoms with E-state index in [0.29, 0.717) is 5.92 Å². The van der Waals surface area contributed by atoms with Crippen LogP contribution in [0.15, 0.2) is 11.6 Å². The zero-order valence-electron chi connectivity index (χ0n) is 8.55. The molecule has 0 radical (unpaired) electrons. The second-order valence-corrected chi connectivity index (χ2v) is 3.40. The Kier molecular flexibility index (Phi) is 4.83. The van der Waals surface area contributed by atoms with Crippen molar-refractivity contribution in [3.63, 3.8) is 0 Å². The molecule has 0 aromatic carbocycles. The zero-order chi connectivity index (χ0) is 9.72. The molecule has 0 spiro atoms. The molecular weight excluding hydrogens is 152 g/mol. The normalized spacial score (nSPS) is 15.0. The predicted molar refractivity (Wildman–Crippen MR) is 50.1 cm³/mol. The van der Waals surface area contributed by atoms with Gasteiger partial charge in [-0.15, -0.1) is 0 Å². The van der Waals surface area contributed by atoms with Crippen LogP contribution in [-0.2, 0) is 9.53 Å². The maximum absolute atomic E-state index is 10.8. The van der Waals surface area contributed by atoms with E-state index in [0.717, 1.165) is 5.57 Å². The van der Waals surface area contributed by atoms with Gasteiger partial charge in [-0.25, -0.2) is 0 Å². The van der Waals surface area contributed by atoms with Crippen molar-refractivity contribution in [1.82, 2.24) is 0 Å². The van der Waals surface area contributed by atoms with E-state index >= 15 is 0 Å². The van der Waals surface area contributed by atoms with Crippen molar-refractivity contribution < 1.29 is 9.53 Å². The number of hydrogen-bond donors (Lipinski definition) is 0. The van der Waals surface area contributed by atoms with Crippen molar-refractivity contribution in [2.45, 2.75) is 33.8 Å². The summed E-state index contributed by atoms with van der Waals surface area (Å²) in [4.78, 5) is 10.8. The third-order valence-electron chi connectivity index (χ3n) is 1.74. The van der Waals surface area contributed by atoms with Crippen LogP contribution in [0.4, 0.5) is 0 Å². The Morgan fingerprint density at radius 3 is 2.08 bits per heavy atom. The lowest BCUT2D eigenvalue weighted by molar-refractivity contribution is -0.112. The van der Waals surface area contributed by atoms with Gasteiger partial charge < -0.3 is 4.74 Å². The van der Waals surface area contributed by atoms with Crippen LogP contribution in [-0.4, -0.2) is 19.0 Å². The number of hydrogen-bond acceptors (Lipinski definition) is 2. The van der Waals surface area contributed by atoms with Gasteiger partial charge in [-0.3, -0.25) is 4.79 Å². The molecule has 0 saturated carbocycles. The highest BCUT2D eigenvalue weighted by Crippen LogP contribution is 2.14. The van der Waals surface area contributed by atoms with Gasteiger partial charge in [0.25, 0.3) is 0 Å². The molecule has 0 heterocycles. The summed E-state index contributed by atoms with van der Waals surface area (Å²) < 4.78 is 5.25. The van der Waals surface area contributed by atoms with Gasteiger partial charge in [0, 0.05) is 7.11 Å². The largest absolute Gasteiger partial charge is 0.377 e. The molecule has 0 fully saturated rings. The molecule has 2 heteroatoms. The van der Waals surface area contributed by atoms with E-state index in [-0.39, 0.29) is 11.9 Å². The molecule has 0 aliphatic carbocycles. The average Bonchev–Trinajstić information content (AvgIpc) is 1.85. The lowest BCUT2D eigenvalue weighted by Gasteiger charge is -2.19. The van der Waals surface area contributed by atoms with Gasteiger partial charge in [0.2, 0.25) is 0 Å². The summed E-state index contributed by atoms with van der Waals surface area (Å²) in [6.45, 7) is 7.63. The van der Waals surface area contributed by atoms with E-state index in [9.17, 15) is 4.79 Å². The van der Waals surface area contributed by atoms with Crippen LogP contribution in [0.3, 0.4) is 0 Å². The molecule has 0 amide bonds. The Labute approximate surface area is 74.6 Å². The first-order valence-electron chi connectivity index (χ1n) is 4.20. The second-order valence-electron chi connectivity index (χ2n) is 3.40. The number of carbonyl (C=O) groups excluding carboxylic acids is 1. The van der Waals surface area contributed by atoms with Gasteiger partial charge in [0.1, 0.15) is 0 Å². The maximum Gasteiger partial charge on any atom is 0.152 e. The van der Waals surface area contributed by atoms with Gasteiger partial charge in [-0.05, 0) is 31.4 Å². The van der Waals surface area contributed by atoms with E-state index < -0.39 is 0 Å². The Bertz CT molecular complexity index is 180. The third-order valence-corrected chi connectivity index (χ3v) is 1.74. The monoisotopic (exact) mass is 170 g/mol. The SMILES string of the molecule is COC(/C(C)=C/C(C)=O)C(C)C. The highest BCUT2D eigenvalue weighted by molar-refractivity contribution is 5.88. The van der Waals surface area contributed by atoms with Crippen LogP contribution in [0.2, 0.25) is 0 Å². The number of ether oxygens (including phenoxy) is 1. The number of ketones is 1. The summed E-state index contributed by atoms with van der Waals surface area (Å²) in [6, 6.07) is 0. The summed E-state index contributed by atoms with van der Waals surface area (Å²) in [7, 11) is 1.67. The predicted octanol–water partition coefficient (Wildman–Crippen LogP) is 2.19. The molecule has 70 valence electrons. The first-order chi connectivity index (χ1) is 5.49. The molecular formula is C10H18O2. The second kappa shape index (κ2) is 5.09. The van der Waals surface area contributed by atoms with Crippen LogP contribution in [0, 0.1) is 5.92 Å². The van der Waals surface area contributed by atoms with E-state index in [1.165, 1.54) is 0 Å².